The molecule has 0 spiro atoms. The molecule has 296 valence electrons. The first-order valence-corrected chi connectivity index (χ1v) is 19.6. The van der Waals surface area contributed by atoms with Crippen LogP contribution in [0.2, 0.25) is 0 Å². The highest BCUT2D eigenvalue weighted by Crippen LogP contribution is 2.40. The Kier molecular flexibility index (Phi) is 14.3. The van der Waals surface area contributed by atoms with E-state index in [1.165, 1.54) is 16.7 Å². The molecule has 0 radical (unpaired) electrons. The number of hydrogen-bond acceptors (Lipinski definition) is 8. The summed E-state index contributed by atoms with van der Waals surface area (Å²) in [6.45, 7) is 15.4. The second-order valence-electron chi connectivity index (χ2n) is 16.9. The Labute approximate surface area is 329 Å². The van der Waals surface area contributed by atoms with Crippen LogP contribution in [0.5, 0.6) is 0 Å². The van der Waals surface area contributed by atoms with Gasteiger partial charge in [-0.15, -0.1) is 11.8 Å². The van der Waals surface area contributed by atoms with Gasteiger partial charge in [-0.2, -0.15) is 0 Å². The van der Waals surface area contributed by atoms with Gasteiger partial charge in [-0.25, -0.2) is 0 Å². The zero-order valence-electron chi connectivity index (χ0n) is 33.1. The molecule has 5 atom stereocenters. The van der Waals surface area contributed by atoms with Gasteiger partial charge in [0.2, 0.25) is 17.7 Å². The van der Waals surface area contributed by atoms with Crippen molar-refractivity contribution in [2.45, 2.75) is 103 Å². The Morgan fingerprint density at radius 2 is 1.36 bits per heavy atom. The Bertz CT molecular complexity index is 1780. The van der Waals surface area contributed by atoms with Crippen molar-refractivity contribution in [1.82, 2.24) is 20.9 Å². The number of benzene rings is 3. The van der Waals surface area contributed by atoms with Crippen LogP contribution in [0.25, 0.3) is 0 Å². The van der Waals surface area contributed by atoms with Crippen LogP contribution in [-0.2, 0) is 41.7 Å². The van der Waals surface area contributed by atoms with Crippen LogP contribution in [0.15, 0.2) is 91.0 Å². The highest BCUT2D eigenvalue weighted by atomic mass is 32.2. The summed E-state index contributed by atoms with van der Waals surface area (Å²) < 4.78 is 4.95. The van der Waals surface area contributed by atoms with Crippen molar-refractivity contribution in [1.29, 1.82) is 0 Å². The molecule has 0 aromatic heterocycles. The van der Waals surface area contributed by atoms with Crippen LogP contribution in [0.4, 0.5) is 0 Å². The van der Waals surface area contributed by atoms with Crippen molar-refractivity contribution in [3.8, 4) is 0 Å². The fraction of sp³-hybridized carbons (Fsp3) is 0.465. The van der Waals surface area contributed by atoms with Gasteiger partial charge in [0.25, 0.3) is 5.91 Å². The molecule has 1 fully saturated rings. The van der Waals surface area contributed by atoms with Gasteiger partial charge in [-0.05, 0) is 47.8 Å². The smallest absolute Gasteiger partial charge is 0.323 e. The van der Waals surface area contributed by atoms with Crippen molar-refractivity contribution >= 4 is 41.4 Å². The number of amides is 4. The summed E-state index contributed by atoms with van der Waals surface area (Å²) in [5.41, 5.74) is 0.819. The summed E-state index contributed by atoms with van der Waals surface area (Å²) in [6.07, 6.45) is -1.66. The number of thioether (sulfide) groups is 1. The third-order valence-electron chi connectivity index (χ3n) is 9.40. The molecule has 3 aromatic rings. The maximum atomic E-state index is 14.3. The number of nitrogens with zero attached hydrogens (tertiary/aromatic N) is 1. The standard InChI is InChI=1S/C43H56N4O7S/c1-41(2,3)26-44-38(51)35-43(7,8)55-27-47(35)39(52)33(48)31(24-28-18-12-9-13-19-28)45-37(50)34(42(4,5)6)46-36(49)32(30-22-16-11-17-23-30)40(53)54-25-29-20-14-10-15-21-29/h9-23,31-35,48H,24-27H2,1-8H3,(H,44,51)(H,45,50)(H,46,49)/t31-,32?,33-,34+,35+/m0/s1. The summed E-state index contributed by atoms with van der Waals surface area (Å²) in [6, 6.07) is 23.5. The molecule has 4 amide bonds. The molecule has 1 aliphatic heterocycles. The number of carbonyl (C=O) groups is 5. The number of carbonyl (C=O) groups excluding carboxylic acids is 5. The molecule has 12 heteroatoms. The molecule has 1 aliphatic rings. The molecule has 0 bridgehead atoms. The van der Waals surface area contributed by atoms with Gasteiger partial charge in [-0.3, -0.25) is 24.0 Å². The van der Waals surface area contributed by atoms with Crippen molar-refractivity contribution < 1.29 is 33.8 Å². The Balaban J connectivity index is 1.60. The first-order chi connectivity index (χ1) is 25.8. The molecule has 0 aliphatic carbocycles. The van der Waals surface area contributed by atoms with E-state index in [4.69, 9.17) is 4.74 Å². The summed E-state index contributed by atoms with van der Waals surface area (Å²) in [5.74, 6) is -4.41. The minimum atomic E-state index is -1.74. The molecular weight excluding hydrogens is 717 g/mol. The highest BCUT2D eigenvalue weighted by Gasteiger charge is 2.50. The molecule has 3 aromatic carbocycles. The summed E-state index contributed by atoms with van der Waals surface area (Å²) in [5, 5.41) is 20.5. The minimum absolute atomic E-state index is 0.0433. The lowest BCUT2D eigenvalue weighted by Crippen LogP contribution is -2.62. The summed E-state index contributed by atoms with van der Waals surface area (Å²) in [7, 11) is 0. The Morgan fingerprint density at radius 3 is 1.91 bits per heavy atom. The van der Waals surface area contributed by atoms with E-state index in [-0.39, 0.29) is 30.2 Å². The van der Waals surface area contributed by atoms with Gasteiger partial charge < -0.3 is 30.7 Å². The Morgan fingerprint density at radius 1 is 0.818 bits per heavy atom. The van der Waals surface area contributed by atoms with E-state index >= 15 is 0 Å². The number of ether oxygens (including phenoxy) is 1. The van der Waals surface area contributed by atoms with E-state index in [1.807, 2.05) is 83.1 Å². The van der Waals surface area contributed by atoms with E-state index in [0.717, 1.165) is 11.1 Å². The molecule has 1 saturated heterocycles. The lowest BCUT2D eigenvalue weighted by molar-refractivity contribution is -0.151. The van der Waals surface area contributed by atoms with Crippen LogP contribution < -0.4 is 16.0 Å². The van der Waals surface area contributed by atoms with Gasteiger partial charge in [-0.1, -0.05) is 133 Å². The van der Waals surface area contributed by atoms with Crippen LogP contribution in [0.3, 0.4) is 0 Å². The first-order valence-electron chi connectivity index (χ1n) is 18.6. The van der Waals surface area contributed by atoms with Crippen molar-refractivity contribution in [3.05, 3.63) is 108 Å². The Hall–Kier alpha value is -4.68. The van der Waals surface area contributed by atoms with E-state index in [9.17, 15) is 29.1 Å². The molecule has 1 unspecified atom stereocenters. The lowest BCUT2D eigenvalue weighted by atomic mass is 9.84. The highest BCUT2D eigenvalue weighted by molar-refractivity contribution is 8.00. The van der Waals surface area contributed by atoms with Crippen LogP contribution in [0, 0.1) is 10.8 Å². The van der Waals surface area contributed by atoms with Gasteiger partial charge in [0.05, 0.1) is 11.9 Å². The predicted octanol–water partition coefficient (Wildman–Crippen LogP) is 4.98. The molecule has 4 rings (SSSR count). The fourth-order valence-corrected chi connectivity index (χ4v) is 7.47. The largest absolute Gasteiger partial charge is 0.460 e. The van der Waals surface area contributed by atoms with E-state index < -0.39 is 64.0 Å². The molecule has 4 N–H and O–H groups in total. The number of rotatable bonds is 14. The van der Waals surface area contributed by atoms with Gasteiger partial charge in [0.1, 0.15) is 18.7 Å². The minimum Gasteiger partial charge on any atom is -0.460 e. The second-order valence-corrected chi connectivity index (χ2v) is 18.5. The van der Waals surface area contributed by atoms with Crippen molar-refractivity contribution in [2.75, 3.05) is 12.4 Å². The zero-order chi connectivity index (χ0) is 40.6. The van der Waals surface area contributed by atoms with Crippen LogP contribution >= 0.6 is 11.8 Å². The van der Waals surface area contributed by atoms with Crippen LogP contribution in [0.1, 0.15) is 78.0 Å². The topological polar surface area (TPSA) is 154 Å². The van der Waals surface area contributed by atoms with E-state index in [2.05, 4.69) is 16.0 Å². The van der Waals surface area contributed by atoms with E-state index in [0.29, 0.717) is 12.1 Å². The van der Waals surface area contributed by atoms with Gasteiger partial charge >= 0.3 is 5.97 Å². The molecule has 0 saturated carbocycles. The normalized spacial score (nSPS) is 17.6. The zero-order valence-corrected chi connectivity index (χ0v) is 33.9. The monoisotopic (exact) mass is 772 g/mol. The second kappa shape index (κ2) is 18.3. The third kappa shape index (κ3) is 11.9. The number of aliphatic hydroxyl groups is 1. The van der Waals surface area contributed by atoms with Gasteiger partial charge in [0.15, 0.2) is 12.0 Å². The van der Waals surface area contributed by atoms with Gasteiger partial charge in [0, 0.05) is 11.3 Å². The van der Waals surface area contributed by atoms with E-state index in [1.54, 1.807) is 63.2 Å². The molecule has 1 heterocycles. The maximum absolute atomic E-state index is 14.3. The first kappa shape index (κ1) is 43.1. The molecule has 55 heavy (non-hydrogen) atoms. The SMILES string of the molecule is CC(C)(C)CNC(=O)[C@H]1N(C(=O)[C@@H](O)[C@H](Cc2ccccc2)NC(=O)[C@@H](NC(=O)C(C(=O)OCc2ccccc2)c2ccccc2)C(C)(C)C)CSC1(C)C. The maximum Gasteiger partial charge on any atom is 0.323 e. The van der Waals surface area contributed by atoms with Crippen molar-refractivity contribution in [3.63, 3.8) is 0 Å². The summed E-state index contributed by atoms with van der Waals surface area (Å²) >= 11 is 1.43. The molecule has 11 nitrogen and oxygen atoms in total. The molecular formula is C43H56N4O7S. The quantitative estimate of drug-likeness (QED) is 0.132. The lowest BCUT2D eigenvalue weighted by Gasteiger charge is -2.36. The number of nitrogens with one attached hydrogen (secondary N) is 3. The number of hydrogen-bond donors (Lipinski definition) is 4. The number of aliphatic hydroxyl groups excluding tert-OH is 1. The average molecular weight is 773 g/mol. The number of esters is 1. The third-order valence-corrected chi connectivity index (χ3v) is 10.8. The van der Waals surface area contributed by atoms with Crippen molar-refractivity contribution in [2.24, 2.45) is 10.8 Å². The van der Waals surface area contributed by atoms with Crippen LogP contribution in [-0.4, -0.2) is 81.0 Å². The summed E-state index contributed by atoms with van der Waals surface area (Å²) in [4.78, 5) is 71.1. The fourth-order valence-electron chi connectivity index (χ4n) is 6.33. The predicted molar refractivity (Wildman–Crippen MR) is 215 cm³/mol. The average Bonchev–Trinajstić information content (AvgIpc) is 3.46.